The first-order valence-electron chi connectivity index (χ1n) is 5.41. The van der Waals surface area contributed by atoms with E-state index in [0.29, 0.717) is 37.9 Å². The Bertz CT molecular complexity index is 319. The monoisotopic (exact) mass is 270 g/mol. The molecular formula is C9H19ClN2O3S. The number of morpholine rings is 1. The van der Waals surface area contributed by atoms with Crippen molar-refractivity contribution in [3.8, 4) is 0 Å². The van der Waals surface area contributed by atoms with Crippen molar-refractivity contribution in [3.05, 3.63) is 0 Å². The maximum absolute atomic E-state index is 11.9. The van der Waals surface area contributed by atoms with Crippen molar-refractivity contribution in [3.63, 3.8) is 0 Å². The van der Waals surface area contributed by atoms with Gasteiger partial charge in [0.2, 0.25) is 10.0 Å². The predicted molar refractivity (Wildman–Crippen MR) is 64.1 cm³/mol. The average Bonchev–Trinajstić information content (AvgIpc) is 3.01. The Morgan fingerprint density at radius 3 is 2.62 bits per heavy atom. The summed E-state index contributed by atoms with van der Waals surface area (Å²) in [5, 5.41) is 0. The minimum Gasteiger partial charge on any atom is -0.374 e. The molecule has 2 fully saturated rings. The van der Waals surface area contributed by atoms with E-state index in [0.717, 1.165) is 12.8 Å². The van der Waals surface area contributed by atoms with Crippen molar-refractivity contribution in [2.45, 2.75) is 18.9 Å². The predicted octanol–water partition coefficient (Wildman–Crippen LogP) is -0.193. The topological polar surface area (TPSA) is 72.6 Å². The van der Waals surface area contributed by atoms with Crippen molar-refractivity contribution in [2.75, 3.05) is 32.0 Å². The number of hydrogen-bond acceptors (Lipinski definition) is 4. The number of rotatable bonds is 4. The van der Waals surface area contributed by atoms with E-state index in [1.54, 1.807) is 0 Å². The van der Waals surface area contributed by atoms with Gasteiger partial charge in [-0.25, -0.2) is 8.42 Å². The molecule has 0 aromatic carbocycles. The molecule has 7 heteroatoms. The van der Waals surface area contributed by atoms with E-state index in [2.05, 4.69) is 0 Å². The first kappa shape index (κ1) is 14.2. The molecule has 16 heavy (non-hydrogen) atoms. The molecule has 2 aliphatic rings. The Morgan fingerprint density at radius 1 is 1.38 bits per heavy atom. The van der Waals surface area contributed by atoms with E-state index in [1.165, 1.54) is 4.31 Å². The maximum atomic E-state index is 11.9. The highest BCUT2D eigenvalue weighted by Crippen LogP contribution is 2.31. The van der Waals surface area contributed by atoms with Crippen molar-refractivity contribution >= 4 is 22.4 Å². The zero-order valence-corrected chi connectivity index (χ0v) is 10.8. The van der Waals surface area contributed by atoms with E-state index >= 15 is 0 Å². The molecule has 0 amide bonds. The Hall–Kier alpha value is 0.120. The molecule has 1 unspecified atom stereocenters. The average molecular weight is 271 g/mol. The van der Waals surface area contributed by atoms with Gasteiger partial charge < -0.3 is 10.5 Å². The van der Waals surface area contributed by atoms with Crippen LogP contribution in [0.1, 0.15) is 12.8 Å². The zero-order valence-electron chi connectivity index (χ0n) is 9.17. The van der Waals surface area contributed by atoms with Gasteiger partial charge in [0.25, 0.3) is 0 Å². The summed E-state index contributed by atoms with van der Waals surface area (Å²) in [5.41, 5.74) is 5.48. The minimum atomic E-state index is -3.07. The van der Waals surface area contributed by atoms with Gasteiger partial charge >= 0.3 is 0 Å². The van der Waals surface area contributed by atoms with Gasteiger partial charge in [0.1, 0.15) is 0 Å². The van der Waals surface area contributed by atoms with Crippen LogP contribution in [0.25, 0.3) is 0 Å². The Labute approximate surface area is 103 Å². The van der Waals surface area contributed by atoms with Gasteiger partial charge in [-0.1, -0.05) is 0 Å². The third-order valence-corrected chi connectivity index (χ3v) is 4.91. The van der Waals surface area contributed by atoms with Gasteiger partial charge in [0.05, 0.1) is 18.5 Å². The number of sulfonamides is 1. The molecular weight excluding hydrogens is 252 g/mol. The van der Waals surface area contributed by atoms with Crippen LogP contribution in [-0.2, 0) is 14.8 Å². The molecule has 1 aliphatic carbocycles. The lowest BCUT2D eigenvalue weighted by Gasteiger charge is -2.31. The van der Waals surface area contributed by atoms with Crippen LogP contribution in [0, 0.1) is 5.92 Å². The van der Waals surface area contributed by atoms with Crippen LogP contribution < -0.4 is 5.73 Å². The summed E-state index contributed by atoms with van der Waals surface area (Å²) in [6.45, 7) is 1.75. The third kappa shape index (κ3) is 3.56. The molecule has 1 saturated carbocycles. The first-order valence-corrected chi connectivity index (χ1v) is 7.02. The van der Waals surface area contributed by atoms with Gasteiger partial charge in [0, 0.05) is 19.6 Å². The van der Waals surface area contributed by atoms with Crippen LogP contribution in [-0.4, -0.2) is 50.8 Å². The first-order chi connectivity index (χ1) is 7.12. The zero-order chi connectivity index (χ0) is 10.9. The van der Waals surface area contributed by atoms with E-state index in [4.69, 9.17) is 10.5 Å². The van der Waals surface area contributed by atoms with Crippen molar-refractivity contribution in [1.29, 1.82) is 0 Å². The molecule has 2 rings (SSSR count). The van der Waals surface area contributed by atoms with Crippen LogP contribution in [0.2, 0.25) is 0 Å². The second kappa shape index (κ2) is 5.64. The minimum absolute atomic E-state index is 0. The van der Waals surface area contributed by atoms with Gasteiger partial charge in [-0.2, -0.15) is 4.31 Å². The molecule has 0 radical (unpaired) electrons. The third-order valence-electron chi connectivity index (χ3n) is 2.90. The molecule has 1 atom stereocenters. The van der Waals surface area contributed by atoms with Crippen LogP contribution in [0.5, 0.6) is 0 Å². The van der Waals surface area contributed by atoms with Crippen molar-refractivity contribution < 1.29 is 13.2 Å². The lowest BCUT2D eigenvalue weighted by atomic mass is 10.3. The van der Waals surface area contributed by atoms with Crippen LogP contribution in [0.4, 0.5) is 0 Å². The van der Waals surface area contributed by atoms with Crippen molar-refractivity contribution in [2.24, 2.45) is 11.7 Å². The SMILES string of the molecule is Cl.NCC1CN(S(=O)(=O)CC2CC2)CCO1. The highest BCUT2D eigenvalue weighted by Gasteiger charge is 2.34. The summed E-state index contributed by atoms with van der Waals surface area (Å²) in [4.78, 5) is 0. The highest BCUT2D eigenvalue weighted by atomic mass is 35.5. The molecule has 1 heterocycles. The number of halogens is 1. The summed E-state index contributed by atoms with van der Waals surface area (Å²) in [6.07, 6.45) is 1.99. The molecule has 0 aromatic heterocycles. The van der Waals surface area contributed by atoms with Crippen LogP contribution in [0.3, 0.4) is 0 Å². The number of nitrogens with two attached hydrogens (primary N) is 1. The summed E-state index contributed by atoms with van der Waals surface area (Å²) in [5.74, 6) is 0.707. The number of nitrogens with zero attached hydrogens (tertiary/aromatic N) is 1. The molecule has 96 valence electrons. The van der Waals surface area contributed by atoms with E-state index in [9.17, 15) is 8.42 Å². The van der Waals surface area contributed by atoms with Crippen LogP contribution in [0.15, 0.2) is 0 Å². The van der Waals surface area contributed by atoms with Gasteiger partial charge in [-0.3, -0.25) is 0 Å². The molecule has 1 aliphatic heterocycles. The van der Waals surface area contributed by atoms with Gasteiger partial charge in [0.15, 0.2) is 0 Å². The van der Waals surface area contributed by atoms with E-state index in [1.807, 2.05) is 0 Å². The molecule has 0 spiro atoms. The summed E-state index contributed by atoms with van der Waals surface area (Å²) >= 11 is 0. The highest BCUT2D eigenvalue weighted by molar-refractivity contribution is 7.89. The molecule has 0 bridgehead atoms. The number of ether oxygens (including phenoxy) is 1. The van der Waals surface area contributed by atoms with E-state index in [-0.39, 0.29) is 18.5 Å². The summed E-state index contributed by atoms with van der Waals surface area (Å²) in [6, 6.07) is 0. The number of hydrogen-bond donors (Lipinski definition) is 1. The smallest absolute Gasteiger partial charge is 0.214 e. The molecule has 2 N–H and O–H groups in total. The molecule has 5 nitrogen and oxygen atoms in total. The fourth-order valence-corrected chi connectivity index (χ4v) is 3.66. The lowest BCUT2D eigenvalue weighted by Crippen LogP contribution is -2.48. The standard InChI is InChI=1S/C9H18N2O3S.ClH/c10-5-9-6-11(3-4-14-9)15(12,13)7-8-1-2-8;/h8-9H,1-7,10H2;1H. The Morgan fingerprint density at radius 2 is 2.06 bits per heavy atom. The van der Waals surface area contributed by atoms with Crippen LogP contribution >= 0.6 is 12.4 Å². The lowest BCUT2D eigenvalue weighted by molar-refractivity contribution is 0.00449. The molecule has 0 aromatic rings. The van der Waals surface area contributed by atoms with Gasteiger partial charge in [-0.15, -0.1) is 12.4 Å². The van der Waals surface area contributed by atoms with E-state index < -0.39 is 10.0 Å². The fourth-order valence-electron chi connectivity index (χ4n) is 1.78. The maximum Gasteiger partial charge on any atom is 0.214 e. The normalized spacial score (nSPS) is 27.4. The fraction of sp³-hybridized carbons (Fsp3) is 1.00. The largest absolute Gasteiger partial charge is 0.374 e. The molecule has 1 saturated heterocycles. The van der Waals surface area contributed by atoms with Crippen molar-refractivity contribution in [1.82, 2.24) is 4.31 Å². The summed E-state index contributed by atoms with van der Waals surface area (Å²) < 4.78 is 30.7. The second-order valence-electron chi connectivity index (χ2n) is 4.31. The summed E-state index contributed by atoms with van der Waals surface area (Å²) in [7, 11) is -3.07. The Balaban J connectivity index is 0.00000128. The van der Waals surface area contributed by atoms with Gasteiger partial charge in [-0.05, 0) is 18.8 Å². The Kier molecular flexibility index (Phi) is 5.00. The second-order valence-corrected chi connectivity index (χ2v) is 6.32. The quantitative estimate of drug-likeness (QED) is 0.768.